The van der Waals surface area contributed by atoms with Crippen molar-refractivity contribution in [1.29, 1.82) is 0 Å². The molecule has 3 N–H and O–H groups in total. The van der Waals surface area contributed by atoms with Crippen molar-refractivity contribution in [1.82, 2.24) is 14.9 Å². The number of hydrogen-bond donors (Lipinski definition) is 3. The number of nitrogens with one attached hydrogen (secondary N) is 1. The third-order valence-electron chi connectivity index (χ3n) is 3.53. The van der Waals surface area contributed by atoms with E-state index in [0.717, 1.165) is 17.0 Å². The molecule has 0 bridgehead atoms. The Balaban J connectivity index is 0.000000277. The van der Waals surface area contributed by atoms with Crippen LogP contribution in [0.2, 0.25) is 0 Å². The number of amides is 1. The van der Waals surface area contributed by atoms with Crippen LogP contribution >= 0.6 is 0 Å². The fourth-order valence-corrected chi connectivity index (χ4v) is 2.46. The van der Waals surface area contributed by atoms with Gasteiger partial charge in [0, 0.05) is 18.7 Å². The Morgan fingerprint density at radius 1 is 1.20 bits per heavy atom. The van der Waals surface area contributed by atoms with Gasteiger partial charge in [-0.05, 0) is 5.56 Å². The van der Waals surface area contributed by atoms with Crippen LogP contribution in [0.25, 0.3) is 0 Å². The SMILES string of the molecule is O=C(O)C(F)(F)F.O=C(O)N1CCc2[nH]cnc2C1c1ccccc1. The first-order valence-corrected chi connectivity index (χ1v) is 7.08. The molecule has 7 nitrogen and oxygen atoms in total. The highest BCUT2D eigenvalue weighted by Gasteiger charge is 2.38. The molecule has 1 unspecified atom stereocenters. The maximum absolute atomic E-state index is 11.4. The molecular formula is C15H14F3N3O4. The fourth-order valence-electron chi connectivity index (χ4n) is 2.46. The van der Waals surface area contributed by atoms with Crippen molar-refractivity contribution >= 4 is 12.1 Å². The number of carboxylic acid groups (broad SMARTS) is 2. The van der Waals surface area contributed by atoms with Crippen LogP contribution in [0, 0.1) is 0 Å². The van der Waals surface area contributed by atoms with Crippen molar-refractivity contribution in [3.8, 4) is 0 Å². The van der Waals surface area contributed by atoms with Gasteiger partial charge in [0.2, 0.25) is 0 Å². The van der Waals surface area contributed by atoms with Crippen LogP contribution < -0.4 is 0 Å². The molecule has 0 saturated carbocycles. The van der Waals surface area contributed by atoms with Gasteiger partial charge >= 0.3 is 18.2 Å². The summed E-state index contributed by atoms with van der Waals surface area (Å²) in [6.07, 6.45) is -3.67. The van der Waals surface area contributed by atoms with Crippen LogP contribution in [0.3, 0.4) is 0 Å². The van der Waals surface area contributed by atoms with Gasteiger partial charge in [-0.3, -0.25) is 4.90 Å². The zero-order chi connectivity index (χ0) is 18.6. The molecule has 2 heterocycles. The minimum Gasteiger partial charge on any atom is -0.475 e. The van der Waals surface area contributed by atoms with Crippen LogP contribution in [0.5, 0.6) is 0 Å². The maximum Gasteiger partial charge on any atom is 0.490 e. The summed E-state index contributed by atoms with van der Waals surface area (Å²) in [6, 6.07) is 9.31. The molecule has 10 heteroatoms. The van der Waals surface area contributed by atoms with Gasteiger partial charge in [0.15, 0.2) is 0 Å². The lowest BCUT2D eigenvalue weighted by Gasteiger charge is -2.32. The maximum atomic E-state index is 11.4. The molecule has 0 aliphatic carbocycles. The molecule has 1 aliphatic rings. The molecule has 0 radical (unpaired) electrons. The van der Waals surface area contributed by atoms with Gasteiger partial charge in [-0.2, -0.15) is 13.2 Å². The Labute approximate surface area is 139 Å². The summed E-state index contributed by atoms with van der Waals surface area (Å²) in [6.45, 7) is 0.490. The number of fused-ring (bicyclic) bond motifs is 1. The number of halogens is 3. The topological polar surface area (TPSA) is 107 Å². The summed E-state index contributed by atoms with van der Waals surface area (Å²) in [5.74, 6) is -2.76. The number of aromatic nitrogens is 2. The van der Waals surface area contributed by atoms with E-state index < -0.39 is 18.2 Å². The Kier molecular flexibility index (Phi) is 5.30. The molecule has 3 rings (SSSR count). The summed E-state index contributed by atoms with van der Waals surface area (Å²) in [5.41, 5.74) is 2.80. The largest absolute Gasteiger partial charge is 0.490 e. The zero-order valence-corrected chi connectivity index (χ0v) is 12.7. The van der Waals surface area contributed by atoms with Gasteiger partial charge in [-0.1, -0.05) is 30.3 Å². The van der Waals surface area contributed by atoms with Crippen molar-refractivity contribution in [3.63, 3.8) is 0 Å². The second-order valence-electron chi connectivity index (χ2n) is 5.11. The number of hydrogen-bond acceptors (Lipinski definition) is 3. The minimum atomic E-state index is -5.08. The van der Waals surface area contributed by atoms with Crippen molar-refractivity contribution in [3.05, 3.63) is 53.6 Å². The minimum absolute atomic E-state index is 0.307. The van der Waals surface area contributed by atoms with Crippen LogP contribution in [0.1, 0.15) is 23.0 Å². The molecule has 1 aromatic heterocycles. The summed E-state index contributed by atoms with van der Waals surface area (Å²) in [4.78, 5) is 29.1. The highest BCUT2D eigenvalue weighted by atomic mass is 19.4. The summed E-state index contributed by atoms with van der Waals surface area (Å²) in [5, 5.41) is 16.4. The van der Waals surface area contributed by atoms with E-state index in [2.05, 4.69) is 9.97 Å². The average Bonchev–Trinajstić information content (AvgIpc) is 3.02. The van der Waals surface area contributed by atoms with Crippen LogP contribution in [-0.2, 0) is 11.2 Å². The van der Waals surface area contributed by atoms with Gasteiger partial charge in [-0.15, -0.1) is 0 Å². The molecule has 25 heavy (non-hydrogen) atoms. The fraction of sp³-hybridized carbons (Fsp3) is 0.267. The number of rotatable bonds is 1. The van der Waals surface area contributed by atoms with E-state index in [9.17, 15) is 23.1 Å². The number of H-pyrrole nitrogens is 1. The van der Waals surface area contributed by atoms with Gasteiger partial charge in [0.05, 0.1) is 12.0 Å². The molecule has 0 fully saturated rings. The van der Waals surface area contributed by atoms with E-state index in [1.807, 2.05) is 30.3 Å². The lowest BCUT2D eigenvalue weighted by Crippen LogP contribution is -2.39. The molecule has 1 aliphatic heterocycles. The number of nitrogens with zero attached hydrogens (tertiary/aromatic N) is 2. The molecule has 134 valence electrons. The highest BCUT2D eigenvalue weighted by Crippen LogP contribution is 2.32. The quantitative estimate of drug-likeness (QED) is 0.727. The lowest BCUT2D eigenvalue weighted by molar-refractivity contribution is -0.192. The smallest absolute Gasteiger partial charge is 0.475 e. The molecular weight excluding hydrogens is 343 g/mol. The Morgan fingerprint density at radius 3 is 2.32 bits per heavy atom. The summed E-state index contributed by atoms with van der Waals surface area (Å²) in [7, 11) is 0. The molecule has 1 aromatic carbocycles. The molecule has 2 aromatic rings. The number of imidazole rings is 1. The van der Waals surface area contributed by atoms with Gasteiger partial charge in [0.25, 0.3) is 0 Å². The highest BCUT2D eigenvalue weighted by molar-refractivity contribution is 5.73. The first-order valence-electron chi connectivity index (χ1n) is 7.08. The third-order valence-corrected chi connectivity index (χ3v) is 3.53. The van der Waals surface area contributed by atoms with Crippen LogP contribution in [-0.4, -0.2) is 49.9 Å². The van der Waals surface area contributed by atoms with Crippen molar-refractivity contribution < 1.29 is 33.0 Å². The molecule has 1 atom stereocenters. The van der Waals surface area contributed by atoms with Gasteiger partial charge < -0.3 is 15.2 Å². The van der Waals surface area contributed by atoms with Gasteiger partial charge in [0.1, 0.15) is 6.04 Å². The van der Waals surface area contributed by atoms with E-state index in [1.54, 1.807) is 6.33 Å². The first kappa shape index (κ1) is 18.3. The average molecular weight is 357 g/mol. The van der Waals surface area contributed by atoms with Crippen LogP contribution in [0.4, 0.5) is 18.0 Å². The molecule has 0 saturated heterocycles. The second-order valence-corrected chi connectivity index (χ2v) is 5.11. The predicted octanol–water partition coefficient (Wildman–Crippen LogP) is 2.67. The Bertz CT molecular complexity index is 746. The number of aliphatic carboxylic acids is 1. The molecule has 0 spiro atoms. The van der Waals surface area contributed by atoms with Crippen molar-refractivity contribution in [2.75, 3.05) is 6.54 Å². The predicted molar refractivity (Wildman–Crippen MR) is 79.0 cm³/mol. The van der Waals surface area contributed by atoms with E-state index in [4.69, 9.17) is 9.90 Å². The number of alkyl halides is 3. The number of carboxylic acids is 1. The number of benzene rings is 1. The lowest BCUT2D eigenvalue weighted by atomic mass is 9.96. The summed E-state index contributed by atoms with van der Waals surface area (Å²) >= 11 is 0. The van der Waals surface area contributed by atoms with E-state index in [-0.39, 0.29) is 6.04 Å². The van der Waals surface area contributed by atoms with E-state index >= 15 is 0 Å². The first-order chi connectivity index (χ1) is 11.7. The standard InChI is InChI=1S/C13H13N3O2.C2HF3O2/c17-13(18)16-7-6-10-11(15-8-14-10)12(16)9-4-2-1-3-5-9;3-2(4,5)1(6)7/h1-5,8,12H,6-7H2,(H,14,15)(H,17,18);(H,6,7). The van der Waals surface area contributed by atoms with Gasteiger partial charge in [-0.25, -0.2) is 14.6 Å². The van der Waals surface area contributed by atoms with Crippen molar-refractivity contribution in [2.45, 2.75) is 18.6 Å². The molecule has 1 amide bonds. The normalized spacial score (nSPS) is 16.4. The Hall–Kier alpha value is -3.04. The monoisotopic (exact) mass is 357 g/mol. The second kappa shape index (κ2) is 7.24. The zero-order valence-electron chi connectivity index (χ0n) is 12.7. The number of carbonyl (C=O) groups is 2. The van der Waals surface area contributed by atoms with Crippen molar-refractivity contribution in [2.24, 2.45) is 0 Å². The third kappa shape index (κ3) is 4.28. The van der Waals surface area contributed by atoms with E-state index in [0.29, 0.717) is 13.0 Å². The van der Waals surface area contributed by atoms with E-state index in [1.165, 1.54) is 4.90 Å². The van der Waals surface area contributed by atoms with Crippen LogP contribution in [0.15, 0.2) is 36.7 Å². The Morgan fingerprint density at radius 2 is 1.80 bits per heavy atom. The summed E-state index contributed by atoms with van der Waals surface area (Å²) < 4.78 is 31.7. The number of aromatic amines is 1.